The van der Waals surface area contributed by atoms with Crippen molar-refractivity contribution in [1.82, 2.24) is 0 Å². The molecule has 0 fully saturated rings. The molecule has 0 heterocycles. The van der Waals surface area contributed by atoms with Gasteiger partial charge in [-0.2, -0.15) is 17.5 Å². The van der Waals surface area contributed by atoms with E-state index in [0.717, 1.165) is 0 Å². The minimum atomic E-state index is -0.880. The largest absolute Gasteiger partial charge is 3.00 e. The first kappa shape index (κ1) is 21.7. The van der Waals surface area contributed by atoms with E-state index < -0.39 is 9.04 Å². The number of hydrogen-bond acceptors (Lipinski definition) is 1. The van der Waals surface area contributed by atoms with E-state index >= 15 is 0 Å². The molecule has 2 radical (unpaired) electrons. The molecule has 0 saturated heterocycles. The van der Waals surface area contributed by atoms with Crippen LogP contribution in [0.4, 0.5) is 0 Å². The van der Waals surface area contributed by atoms with Crippen molar-refractivity contribution < 1.29 is 55.8 Å². The van der Waals surface area contributed by atoms with Gasteiger partial charge in [-0.15, -0.1) is 29.7 Å². The van der Waals surface area contributed by atoms with Crippen molar-refractivity contribution in [3.05, 3.63) is 42.5 Å². The van der Waals surface area contributed by atoms with E-state index in [1.807, 2.05) is 13.1 Å². The Morgan fingerprint density at radius 1 is 1.06 bits per heavy atom. The van der Waals surface area contributed by atoms with Gasteiger partial charge in [-0.25, -0.2) is 0 Å². The van der Waals surface area contributed by atoms with Crippen molar-refractivity contribution in [2.75, 3.05) is 0 Å². The van der Waals surface area contributed by atoms with Gasteiger partial charge in [-0.05, 0) is 13.1 Å². The normalized spacial score (nSPS) is 8.00. The van der Waals surface area contributed by atoms with Crippen LogP contribution in [0, 0.1) is 0 Å². The summed E-state index contributed by atoms with van der Waals surface area (Å²) >= 11 is 0. The van der Waals surface area contributed by atoms with Crippen LogP contribution in [0.1, 0.15) is 0 Å². The SMILES string of the molecule is C[Si](C)O.[Cl-].[Cl-].[Zr+3].c1ccc2[cH-]ccc2c1. The fraction of sp³-hybridized carbons (Fsp3) is 0.182. The molecule has 2 aromatic carbocycles. The smallest absolute Gasteiger partial charge is 1.00 e. The summed E-state index contributed by atoms with van der Waals surface area (Å²) in [6.45, 7) is 3.65. The van der Waals surface area contributed by atoms with Gasteiger partial charge in [0.2, 0.25) is 0 Å². The Kier molecular flexibility index (Phi) is 16.2. The van der Waals surface area contributed by atoms with Crippen LogP contribution in [0.3, 0.4) is 0 Å². The fourth-order valence-electron chi connectivity index (χ4n) is 1.07. The zero-order valence-corrected chi connectivity index (χ0v) is 14.2. The first-order valence-electron chi connectivity index (χ1n) is 4.29. The van der Waals surface area contributed by atoms with Gasteiger partial charge >= 0.3 is 26.2 Å². The van der Waals surface area contributed by atoms with Crippen molar-refractivity contribution in [1.29, 1.82) is 0 Å². The summed E-state index contributed by atoms with van der Waals surface area (Å²) in [4.78, 5) is 8.16. The molecular formula is C11H14Cl2OSiZr. The second-order valence-corrected chi connectivity index (χ2v) is 5.00. The molecule has 0 bridgehead atoms. The molecule has 16 heavy (non-hydrogen) atoms. The Balaban J connectivity index is -0.000000218. The topological polar surface area (TPSA) is 20.2 Å². The predicted octanol–water partition coefficient (Wildman–Crippen LogP) is -3.21. The van der Waals surface area contributed by atoms with E-state index in [4.69, 9.17) is 4.80 Å². The van der Waals surface area contributed by atoms with Crippen molar-refractivity contribution in [3.8, 4) is 0 Å². The molecule has 0 aromatic heterocycles. The average molecular weight is 352 g/mol. The van der Waals surface area contributed by atoms with Crippen LogP contribution >= 0.6 is 0 Å². The van der Waals surface area contributed by atoms with Gasteiger partial charge < -0.3 is 29.6 Å². The number of benzene rings is 1. The van der Waals surface area contributed by atoms with Crippen LogP contribution in [-0.4, -0.2) is 13.8 Å². The third-order valence-corrected chi connectivity index (χ3v) is 1.55. The molecule has 0 atom stereocenters. The van der Waals surface area contributed by atoms with E-state index in [-0.39, 0.29) is 51.0 Å². The minimum Gasteiger partial charge on any atom is -1.00 e. The Morgan fingerprint density at radius 3 is 2.06 bits per heavy atom. The molecule has 1 nitrogen and oxygen atoms in total. The van der Waals surface area contributed by atoms with Gasteiger partial charge in [0.25, 0.3) is 0 Å². The van der Waals surface area contributed by atoms with E-state index in [1.54, 1.807) is 0 Å². The van der Waals surface area contributed by atoms with Crippen LogP contribution in [0.25, 0.3) is 10.8 Å². The summed E-state index contributed by atoms with van der Waals surface area (Å²) in [6, 6.07) is 14.7. The molecule has 0 unspecified atom stereocenters. The molecule has 0 amide bonds. The van der Waals surface area contributed by atoms with Gasteiger partial charge in [0.05, 0.1) is 0 Å². The molecule has 2 aromatic rings. The molecular weight excluding hydrogens is 338 g/mol. The molecule has 0 saturated carbocycles. The van der Waals surface area contributed by atoms with Crippen LogP contribution in [0.15, 0.2) is 42.5 Å². The molecule has 86 valence electrons. The fourth-order valence-corrected chi connectivity index (χ4v) is 1.07. The summed E-state index contributed by atoms with van der Waals surface area (Å²) < 4.78 is 0. The maximum atomic E-state index is 8.16. The van der Waals surface area contributed by atoms with Crippen molar-refractivity contribution in [2.24, 2.45) is 0 Å². The monoisotopic (exact) mass is 350 g/mol. The molecule has 2 rings (SSSR count). The van der Waals surface area contributed by atoms with Crippen LogP contribution < -0.4 is 24.8 Å². The first-order valence-corrected chi connectivity index (χ1v) is 6.74. The second kappa shape index (κ2) is 11.9. The Bertz CT molecular complexity index is 333. The predicted molar refractivity (Wildman–Crippen MR) is 59.2 cm³/mol. The van der Waals surface area contributed by atoms with Gasteiger partial charge in [0.15, 0.2) is 9.04 Å². The molecule has 0 spiro atoms. The van der Waals surface area contributed by atoms with Gasteiger partial charge in [-0.1, -0.05) is 6.07 Å². The van der Waals surface area contributed by atoms with Gasteiger partial charge in [0.1, 0.15) is 0 Å². The van der Waals surface area contributed by atoms with Crippen LogP contribution in [-0.2, 0) is 26.2 Å². The summed E-state index contributed by atoms with van der Waals surface area (Å²) in [5, 5.41) is 2.66. The molecule has 0 aliphatic carbocycles. The summed E-state index contributed by atoms with van der Waals surface area (Å²) in [5.41, 5.74) is 0. The van der Waals surface area contributed by atoms with Crippen LogP contribution in [0.5, 0.6) is 0 Å². The summed E-state index contributed by atoms with van der Waals surface area (Å²) in [5.74, 6) is 0. The van der Waals surface area contributed by atoms with Gasteiger partial charge in [-0.3, -0.25) is 0 Å². The standard InChI is InChI=1S/C9H7.C2H7OSi.2ClH.Zr/c1-2-5-9-7-3-6-8(9)4-1;1-4(2)3;;;/h1-7H;3H,1-2H3;2*1H;/q-1;;;;+3/p-2. The summed E-state index contributed by atoms with van der Waals surface area (Å²) in [7, 11) is -0.880. The zero-order chi connectivity index (χ0) is 9.68. The third-order valence-electron chi connectivity index (χ3n) is 1.55. The maximum absolute atomic E-state index is 8.16. The minimum absolute atomic E-state index is 0. The van der Waals surface area contributed by atoms with E-state index in [2.05, 4.69) is 42.5 Å². The quantitative estimate of drug-likeness (QED) is 0.391. The molecule has 0 aliphatic rings. The van der Waals surface area contributed by atoms with Crippen molar-refractivity contribution >= 4 is 19.8 Å². The number of halogens is 2. The zero-order valence-electron chi connectivity index (χ0n) is 9.24. The maximum Gasteiger partial charge on any atom is 3.00 e. The number of hydrogen-bond donors (Lipinski definition) is 1. The van der Waals surface area contributed by atoms with Crippen molar-refractivity contribution in [3.63, 3.8) is 0 Å². The number of fused-ring (bicyclic) bond motifs is 1. The molecule has 5 heteroatoms. The Morgan fingerprint density at radius 2 is 1.56 bits per heavy atom. The second-order valence-electron chi connectivity index (χ2n) is 3.10. The first-order chi connectivity index (χ1) is 6.20. The Labute approximate surface area is 130 Å². The van der Waals surface area contributed by atoms with E-state index in [9.17, 15) is 0 Å². The van der Waals surface area contributed by atoms with Crippen LogP contribution in [0.2, 0.25) is 13.1 Å². The molecule has 0 aliphatic heterocycles. The average Bonchev–Trinajstić information content (AvgIpc) is 2.49. The summed E-state index contributed by atoms with van der Waals surface area (Å²) in [6.07, 6.45) is 0. The molecule has 1 N–H and O–H groups in total. The third kappa shape index (κ3) is 8.60. The van der Waals surface area contributed by atoms with E-state index in [1.165, 1.54) is 10.8 Å². The number of rotatable bonds is 0. The van der Waals surface area contributed by atoms with E-state index in [0.29, 0.717) is 0 Å². The Hall–Kier alpha value is 0.470. The van der Waals surface area contributed by atoms with Gasteiger partial charge in [0, 0.05) is 0 Å². The van der Waals surface area contributed by atoms with Crippen molar-refractivity contribution in [2.45, 2.75) is 13.1 Å².